The molecule has 1 aromatic carbocycles. The van der Waals surface area contributed by atoms with Crippen molar-refractivity contribution in [3.8, 4) is 0 Å². The van der Waals surface area contributed by atoms with Crippen LogP contribution in [-0.4, -0.2) is 17.9 Å². The van der Waals surface area contributed by atoms with E-state index >= 15 is 0 Å². The summed E-state index contributed by atoms with van der Waals surface area (Å²) in [5.41, 5.74) is 1.05. The molecule has 21 heavy (non-hydrogen) atoms. The lowest BCUT2D eigenvalue weighted by molar-refractivity contribution is -0.123. The molecule has 0 spiro atoms. The number of imide groups is 1. The molecule has 1 aromatic heterocycles. The quantitative estimate of drug-likeness (QED) is 0.897. The number of rotatable bonds is 3. The topological polar surface area (TPSA) is 97.6 Å². The van der Waals surface area contributed by atoms with Crippen LogP contribution in [0.1, 0.15) is 22.2 Å². The van der Waals surface area contributed by atoms with Gasteiger partial charge in [0.2, 0.25) is 6.10 Å². The minimum atomic E-state index is -0.952. The van der Waals surface area contributed by atoms with E-state index in [0.29, 0.717) is 11.3 Å². The number of amides is 3. The van der Waals surface area contributed by atoms with Gasteiger partial charge in [-0.3, -0.25) is 14.9 Å². The Labute approximate surface area is 118 Å². The van der Waals surface area contributed by atoms with E-state index in [4.69, 9.17) is 9.15 Å². The first-order valence-corrected chi connectivity index (χ1v) is 6.10. The Bertz CT molecular complexity index is 691. The van der Waals surface area contributed by atoms with Gasteiger partial charge in [0.15, 0.2) is 5.76 Å². The zero-order valence-electron chi connectivity index (χ0n) is 10.7. The van der Waals surface area contributed by atoms with Crippen molar-refractivity contribution in [2.75, 3.05) is 5.32 Å². The van der Waals surface area contributed by atoms with Crippen LogP contribution in [0, 0.1) is 0 Å². The molecule has 7 heteroatoms. The van der Waals surface area contributed by atoms with E-state index in [1.165, 1.54) is 6.26 Å². The van der Waals surface area contributed by atoms with E-state index in [0.717, 1.165) is 0 Å². The highest BCUT2D eigenvalue weighted by atomic mass is 16.6. The number of benzene rings is 1. The summed E-state index contributed by atoms with van der Waals surface area (Å²) in [6.45, 7) is 0. The first-order chi connectivity index (χ1) is 10.1. The molecule has 2 heterocycles. The van der Waals surface area contributed by atoms with E-state index in [2.05, 4.69) is 5.32 Å². The molecule has 0 radical (unpaired) electrons. The number of ether oxygens (including phenoxy) is 1. The van der Waals surface area contributed by atoms with Crippen molar-refractivity contribution in [2.24, 2.45) is 0 Å². The zero-order valence-corrected chi connectivity index (χ0v) is 10.7. The van der Waals surface area contributed by atoms with E-state index in [1.807, 2.05) is 5.32 Å². The molecule has 3 amide bonds. The van der Waals surface area contributed by atoms with Gasteiger partial charge in [-0.15, -0.1) is 0 Å². The lowest BCUT2D eigenvalue weighted by Gasteiger charge is -2.08. The number of carbonyl (C=O) groups excluding carboxylic acids is 3. The van der Waals surface area contributed by atoms with Gasteiger partial charge in [-0.2, -0.15) is 0 Å². The highest BCUT2D eigenvalue weighted by Gasteiger charge is 2.33. The zero-order chi connectivity index (χ0) is 14.8. The minimum Gasteiger partial charge on any atom is -0.459 e. The summed E-state index contributed by atoms with van der Waals surface area (Å²) in [6.07, 6.45) is -0.307. The number of cyclic esters (lactones) is 1. The Hall–Kier alpha value is -3.09. The fourth-order valence-electron chi connectivity index (χ4n) is 1.92. The van der Waals surface area contributed by atoms with Gasteiger partial charge in [0.05, 0.1) is 6.26 Å². The Balaban J connectivity index is 1.71. The standard InChI is InChI=1S/C14H10N2O5/c17-12(10-2-1-7-20-10)15-9-5-3-8(4-6-9)11-13(18)16-14(19)21-11/h1-7,11H,(H,15,17)(H,16,18,19). The molecule has 1 unspecified atom stereocenters. The van der Waals surface area contributed by atoms with Crippen LogP contribution >= 0.6 is 0 Å². The molecule has 0 saturated carbocycles. The van der Waals surface area contributed by atoms with Crippen LogP contribution in [0.25, 0.3) is 0 Å². The number of hydrogen-bond donors (Lipinski definition) is 2. The summed E-state index contributed by atoms with van der Waals surface area (Å²) in [5, 5.41) is 4.69. The third-order valence-electron chi connectivity index (χ3n) is 2.90. The second kappa shape index (κ2) is 5.12. The third-order valence-corrected chi connectivity index (χ3v) is 2.90. The van der Waals surface area contributed by atoms with Crippen LogP contribution in [0.5, 0.6) is 0 Å². The maximum absolute atomic E-state index is 11.8. The van der Waals surface area contributed by atoms with Gasteiger partial charge in [0, 0.05) is 11.3 Å². The number of nitrogens with one attached hydrogen (secondary N) is 2. The number of anilines is 1. The number of alkyl carbamates (subject to hydrolysis) is 1. The molecule has 2 N–H and O–H groups in total. The minimum absolute atomic E-state index is 0.197. The van der Waals surface area contributed by atoms with Gasteiger partial charge in [-0.25, -0.2) is 4.79 Å². The van der Waals surface area contributed by atoms with E-state index < -0.39 is 18.1 Å². The maximum Gasteiger partial charge on any atom is 0.415 e. The predicted molar refractivity (Wildman–Crippen MR) is 70.5 cm³/mol. The SMILES string of the molecule is O=C1NC(=O)C(c2ccc(NC(=O)c3ccco3)cc2)O1. The summed E-state index contributed by atoms with van der Waals surface area (Å²) >= 11 is 0. The molecule has 1 fully saturated rings. The normalized spacial score (nSPS) is 17.2. The van der Waals surface area contributed by atoms with Crippen molar-refractivity contribution in [2.45, 2.75) is 6.10 Å². The average molecular weight is 286 g/mol. The summed E-state index contributed by atoms with van der Waals surface area (Å²) in [4.78, 5) is 34.2. The van der Waals surface area contributed by atoms with Crippen LogP contribution in [0.3, 0.4) is 0 Å². The number of furan rings is 1. The number of hydrogen-bond acceptors (Lipinski definition) is 5. The maximum atomic E-state index is 11.8. The van der Waals surface area contributed by atoms with Gasteiger partial charge in [0.1, 0.15) is 0 Å². The lowest BCUT2D eigenvalue weighted by atomic mass is 10.1. The highest BCUT2D eigenvalue weighted by Crippen LogP contribution is 2.23. The van der Waals surface area contributed by atoms with Crippen LogP contribution in [0.4, 0.5) is 10.5 Å². The first kappa shape index (κ1) is 12.9. The van der Waals surface area contributed by atoms with Gasteiger partial charge in [-0.05, 0) is 24.3 Å². The highest BCUT2D eigenvalue weighted by molar-refractivity contribution is 6.02. The molecular weight excluding hydrogens is 276 g/mol. The third kappa shape index (κ3) is 2.62. The van der Waals surface area contributed by atoms with E-state index in [9.17, 15) is 14.4 Å². The Kier molecular flexibility index (Phi) is 3.15. The molecule has 0 aliphatic carbocycles. The molecule has 1 saturated heterocycles. The molecule has 2 aromatic rings. The van der Waals surface area contributed by atoms with E-state index in [-0.39, 0.29) is 11.7 Å². The lowest BCUT2D eigenvalue weighted by Crippen LogP contribution is -2.20. The summed E-state index contributed by atoms with van der Waals surface area (Å²) in [7, 11) is 0. The molecule has 106 valence electrons. The van der Waals surface area contributed by atoms with Gasteiger partial charge >= 0.3 is 6.09 Å². The molecule has 1 atom stereocenters. The molecule has 7 nitrogen and oxygen atoms in total. The Morgan fingerprint density at radius 1 is 1.14 bits per heavy atom. The Morgan fingerprint density at radius 3 is 2.48 bits per heavy atom. The fraction of sp³-hybridized carbons (Fsp3) is 0.0714. The van der Waals surface area contributed by atoms with Gasteiger partial charge < -0.3 is 14.5 Å². The number of carbonyl (C=O) groups is 3. The fourth-order valence-corrected chi connectivity index (χ4v) is 1.92. The first-order valence-electron chi connectivity index (χ1n) is 6.10. The molecular formula is C14H10N2O5. The monoisotopic (exact) mass is 286 g/mol. The second-order valence-corrected chi connectivity index (χ2v) is 4.33. The van der Waals surface area contributed by atoms with Crippen molar-refractivity contribution in [1.29, 1.82) is 0 Å². The summed E-state index contributed by atoms with van der Waals surface area (Å²) < 4.78 is 9.81. The smallest absolute Gasteiger partial charge is 0.415 e. The molecule has 1 aliphatic rings. The van der Waals surface area contributed by atoms with E-state index in [1.54, 1.807) is 36.4 Å². The Morgan fingerprint density at radius 2 is 1.90 bits per heavy atom. The summed E-state index contributed by atoms with van der Waals surface area (Å²) in [6, 6.07) is 9.57. The van der Waals surface area contributed by atoms with Crippen molar-refractivity contribution in [3.63, 3.8) is 0 Å². The van der Waals surface area contributed by atoms with Crippen LogP contribution in [-0.2, 0) is 9.53 Å². The van der Waals surface area contributed by atoms with Gasteiger partial charge in [-0.1, -0.05) is 12.1 Å². The van der Waals surface area contributed by atoms with Gasteiger partial charge in [0.25, 0.3) is 11.8 Å². The predicted octanol–water partition coefficient (Wildman–Crippen LogP) is 1.84. The second-order valence-electron chi connectivity index (χ2n) is 4.33. The largest absolute Gasteiger partial charge is 0.459 e. The average Bonchev–Trinajstić information content (AvgIpc) is 3.09. The van der Waals surface area contributed by atoms with Crippen LogP contribution in [0.2, 0.25) is 0 Å². The molecule has 0 bridgehead atoms. The van der Waals surface area contributed by atoms with Crippen molar-refractivity contribution in [1.82, 2.24) is 5.32 Å². The van der Waals surface area contributed by atoms with Crippen molar-refractivity contribution >= 4 is 23.6 Å². The summed E-state index contributed by atoms with van der Waals surface area (Å²) in [5.74, 6) is -0.687. The molecule has 3 rings (SSSR count). The molecule has 1 aliphatic heterocycles. The van der Waals surface area contributed by atoms with Crippen molar-refractivity contribution in [3.05, 3.63) is 54.0 Å². The van der Waals surface area contributed by atoms with Crippen molar-refractivity contribution < 1.29 is 23.5 Å². The van der Waals surface area contributed by atoms with Crippen LogP contribution < -0.4 is 10.6 Å². The van der Waals surface area contributed by atoms with Crippen LogP contribution in [0.15, 0.2) is 47.1 Å².